The predicted octanol–water partition coefficient (Wildman–Crippen LogP) is 2.66. The average molecular weight is 411 g/mol. The van der Waals surface area contributed by atoms with E-state index >= 15 is 0 Å². The number of likely N-dealkylation sites (tertiary alicyclic amines) is 2. The summed E-state index contributed by atoms with van der Waals surface area (Å²) < 4.78 is 13.6. The Bertz CT molecular complexity index is 942. The molecule has 2 aromatic rings. The second kappa shape index (κ2) is 8.14. The first-order valence-electron chi connectivity index (χ1n) is 10.3. The van der Waals surface area contributed by atoms with Crippen molar-refractivity contribution in [2.45, 2.75) is 32.3 Å². The van der Waals surface area contributed by atoms with Crippen molar-refractivity contribution in [1.82, 2.24) is 14.8 Å². The maximum atomic E-state index is 13.6. The number of rotatable bonds is 2. The molecule has 2 fully saturated rings. The van der Waals surface area contributed by atoms with Gasteiger partial charge in [-0.1, -0.05) is 6.07 Å². The van der Waals surface area contributed by atoms with Crippen LogP contribution < -0.4 is 0 Å². The van der Waals surface area contributed by atoms with Crippen LogP contribution in [-0.4, -0.2) is 64.0 Å². The number of β-amino-alcohol motifs (C(OH)–C–C–N with tert-alkyl or cyclic N) is 1. The molecule has 0 bridgehead atoms. The molecule has 1 unspecified atom stereocenters. The maximum Gasteiger partial charge on any atom is 0.255 e. The third-order valence-corrected chi connectivity index (χ3v) is 6.36. The van der Waals surface area contributed by atoms with Gasteiger partial charge in [0.1, 0.15) is 5.82 Å². The van der Waals surface area contributed by atoms with Crippen LogP contribution in [0.1, 0.15) is 45.5 Å². The number of halogens is 1. The minimum Gasteiger partial charge on any atom is -0.391 e. The molecule has 2 saturated heterocycles. The third kappa shape index (κ3) is 4.07. The summed E-state index contributed by atoms with van der Waals surface area (Å²) in [7, 11) is 0. The zero-order chi connectivity index (χ0) is 21.3. The zero-order valence-electron chi connectivity index (χ0n) is 17.1. The first-order valence-corrected chi connectivity index (χ1v) is 10.3. The van der Waals surface area contributed by atoms with Gasteiger partial charge in [0, 0.05) is 44.1 Å². The first kappa shape index (κ1) is 20.5. The molecule has 3 heterocycles. The molecule has 1 atom stereocenters. The summed E-state index contributed by atoms with van der Waals surface area (Å²) in [6.45, 7) is 3.71. The van der Waals surface area contributed by atoms with Crippen LogP contribution in [0.25, 0.3) is 0 Å². The van der Waals surface area contributed by atoms with Crippen molar-refractivity contribution in [1.29, 1.82) is 0 Å². The Hall–Kier alpha value is -2.80. The fourth-order valence-corrected chi connectivity index (χ4v) is 4.72. The number of aliphatic hydroxyl groups is 1. The van der Waals surface area contributed by atoms with Crippen molar-refractivity contribution in [3.63, 3.8) is 0 Å². The van der Waals surface area contributed by atoms with Gasteiger partial charge in [-0.2, -0.15) is 0 Å². The summed E-state index contributed by atoms with van der Waals surface area (Å²) in [5, 5.41) is 10.5. The van der Waals surface area contributed by atoms with Gasteiger partial charge in [0.2, 0.25) is 0 Å². The number of amides is 2. The van der Waals surface area contributed by atoms with Crippen LogP contribution in [0, 0.1) is 18.2 Å². The summed E-state index contributed by atoms with van der Waals surface area (Å²) >= 11 is 0. The van der Waals surface area contributed by atoms with Crippen LogP contribution in [-0.2, 0) is 0 Å². The normalized spacial score (nSPS) is 21.0. The summed E-state index contributed by atoms with van der Waals surface area (Å²) in [6, 6.07) is 7.72. The highest BCUT2D eigenvalue weighted by atomic mass is 19.1. The Morgan fingerprint density at radius 1 is 1.17 bits per heavy atom. The van der Waals surface area contributed by atoms with E-state index in [-0.39, 0.29) is 17.2 Å². The number of aromatic nitrogens is 1. The number of hydrogen-bond donors (Lipinski definition) is 1. The molecule has 4 rings (SSSR count). The van der Waals surface area contributed by atoms with Gasteiger partial charge in [-0.15, -0.1) is 0 Å². The van der Waals surface area contributed by atoms with Crippen LogP contribution in [0.15, 0.2) is 42.7 Å². The monoisotopic (exact) mass is 411 g/mol. The fraction of sp³-hybridized carbons (Fsp3) is 0.435. The highest BCUT2D eigenvalue weighted by Crippen LogP contribution is 2.40. The number of piperidine rings is 2. The van der Waals surface area contributed by atoms with E-state index in [4.69, 9.17) is 0 Å². The minimum absolute atomic E-state index is 0.130. The van der Waals surface area contributed by atoms with Crippen LogP contribution >= 0.6 is 0 Å². The van der Waals surface area contributed by atoms with E-state index in [1.54, 1.807) is 47.3 Å². The lowest BCUT2D eigenvalue weighted by molar-refractivity contribution is -0.0299. The third-order valence-electron chi connectivity index (χ3n) is 6.36. The number of nitrogens with zero attached hydrogens (tertiary/aromatic N) is 3. The first-order chi connectivity index (χ1) is 14.4. The van der Waals surface area contributed by atoms with Gasteiger partial charge in [-0.3, -0.25) is 14.6 Å². The van der Waals surface area contributed by atoms with Crippen LogP contribution in [0.3, 0.4) is 0 Å². The van der Waals surface area contributed by atoms with Crippen molar-refractivity contribution < 1.29 is 19.1 Å². The standard InChI is InChI=1S/C23H26FN3O3/c1-16-4-5-18(24)11-20(16)22(30)26-9-6-23(7-10-26)12-19(28)14-27(15-23)21(29)17-3-2-8-25-13-17/h2-5,8,11,13,19,28H,6-7,9-10,12,14-15H2,1H3. The Morgan fingerprint density at radius 3 is 2.63 bits per heavy atom. The predicted molar refractivity (Wildman–Crippen MR) is 109 cm³/mol. The number of hydrogen-bond acceptors (Lipinski definition) is 4. The van der Waals surface area contributed by atoms with E-state index < -0.39 is 11.9 Å². The van der Waals surface area contributed by atoms with Gasteiger partial charge < -0.3 is 14.9 Å². The van der Waals surface area contributed by atoms with Gasteiger partial charge in [-0.25, -0.2) is 4.39 Å². The molecular weight excluding hydrogens is 385 g/mol. The van der Waals surface area contributed by atoms with Gasteiger partial charge >= 0.3 is 0 Å². The second-order valence-electron chi connectivity index (χ2n) is 8.54. The molecule has 7 heteroatoms. The van der Waals surface area contributed by atoms with E-state index in [0.29, 0.717) is 56.6 Å². The highest BCUT2D eigenvalue weighted by Gasteiger charge is 2.43. The van der Waals surface area contributed by atoms with Crippen molar-refractivity contribution in [3.8, 4) is 0 Å². The molecule has 30 heavy (non-hydrogen) atoms. The van der Waals surface area contributed by atoms with Gasteiger partial charge in [0.05, 0.1) is 11.7 Å². The molecule has 0 saturated carbocycles. The summed E-state index contributed by atoms with van der Waals surface area (Å²) in [4.78, 5) is 33.3. The molecule has 1 aromatic heterocycles. The Kier molecular flexibility index (Phi) is 5.56. The van der Waals surface area contributed by atoms with Crippen molar-refractivity contribution in [2.24, 2.45) is 5.41 Å². The van der Waals surface area contributed by atoms with Crippen LogP contribution in [0.5, 0.6) is 0 Å². The van der Waals surface area contributed by atoms with Crippen LogP contribution in [0.2, 0.25) is 0 Å². The molecule has 2 aliphatic heterocycles. The maximum absolute atomic E-state index is 13.6. The topological polar surface area (TPSA) is 73.7 Å². The zero-order valence-corrected chi connectivity index (χ0v) is 17.1. The fourth-order valence-electron chi connectivity index (χ4n) is 4.72. The van der Waals surface area contributed by atoms with Crippen LogP contribution in [0.4, 0.5) is 4.39 Å². The highest BCUT2D eigenvalue weighted by molar-refractivity contribution is 5.96. The number of aliphatic hydroxyl groups excluding tert-OH is 1. The summed E-state index contributed by atoms with van der Waals surface area (Å²) in [5.74, 6) is -0.714. The SMILES string of the molecule is Cc1ccc(F)cc1C(=O)N1CCC2(CC1)CC(O)CN(C(=O)c1cccnc1)C2. The second-order valence-corrected chi connectivity index (χ2v) is 8.54. The summed E-state index contributed by atoms with van der Waals surface area (Å²) in [6.07, 6.45) is 4.58. The smallest absolute Gasteiger partial charge is 0.255 e. The van der Waals surface area contributed by atoms with E-state index in [9.17, 15) is 19.1 Å². The lowest BCUT2D eigenvalue weighted by atomic mass is 9.71. The van der Waals surface area contributed by atoms with E-state index in [2.05, 4.69) is 4.98 Å². The summed E-state index contributed by atoms with van der Waals surface area (Å²) in [5.41, 5.74) is 1.44. The minimum atomic E-state index is -0.591. The molecule has 158 valence electrons. The molecule has 1 N–H and O–H groups in total. The average Bonchev–Trinajstić information content (AvgIpc) is 2.75. The van der Waals surface area contributed by atoms with Gasteiger partial charge in [0.25, 0.3) is 11.8 Å². The Morgan fingerprint density at radius 2 is 1.93 bits per heavy atom. The molecule has 2 aliphatic rings. The van der Waals surface area contributed by atoms with E-state index in [1.807, 2.05) is 0 Å². The largest absolute Gasteiger partial charge is 0.391 e. The van der Waals surface area contributed by atoms with Gasteiger partial charge in [-0.05, 0) is 61.4 Å². The molecular formula is C23H26FN3O3. The number of pyridine rings is 1. The molecule has 1 spiro atoms. The number of aryl methyl sites for hydroxylation is 1. The number of carbonyl (C=O) groups excluding carboxylic acids is 2. The number of carbonyl (C=O) groups is 2. The number of benzene rings is 1. The lowest BCUT2D eigenvalue weighted by Crippen LogP contribution is -2.55. The molecule has 6 nitrogen and oxygen atoms in total. The van der Waals surface area contributed by atoms with Crippen molar-refractivity contribution >= 4 is 11.8 Å². The van der Waals surface area contributed by atoms with Gasteiger partial charge in [0.15, 0.2) is 0 Å². The van der Waals surface area contributed by atoms with E-state index in [1.165, 1.54) is 12.1 Å². The Labute approximate surface area is 175 Å². The molecule has 2 amide bonds. The quantitative estimate of drug-likeness (QED) is 0.825. The van der Waals surface area contributed by atoms with Crippen molar-refractivity contribution in [2.75, 3.05) is 26.2 Å². The molecule has 0 radical (unpaired) electrons. The van der Waals surface area contributed by atoms with Crippen molar-refractivity contribution in [3.05, 3.63) is 65.2 Å². The molecule has 1 aromatic carbocycles. The lowest BCUT2D eigenvalue weighted by Gasteiger charge is -2.49. The van der Waals surface area contributed by atoms with E-state index in [0.717, 1.165) is 5.56 Å². The Balaban J connectivity index is 1.45. The molecule has 0 aliphatic carbocycles.